The number of nitrogens with zero attached hydrogens (tertiary/aromatic N) is 6. The van der Waals surface area contributed by atoms with E-state index in [0.29, 0.717) is 29.6 Å². The number of rotatable bonds is 5. The van der Waals surface area contributed by atoms with E-state index in [1.807, 2.05) is 0 Å². The maximum Gasteiger partial charge on any atom is 0.319 e. The van der Waals surface area contributed by atoms with Crippen LogP contribution in [-0.4, -0.2) is 69.3 Å². The normalized spacial score (nSPS) is 23.0. The van der Waals surface area contributed by atoms with Crippen LogP contribution in [-0.2, 0) is 0 Å². The fourth-order valence-electron chi connectivity index (χ4n) is 6.72. The molecule has 8 nitrogen and oxygen atoms in total. The molecule has 1 aromatic carbocycles. The number of nitrogen functional groups attached to an aromatic ring is 1. The zero-order valence-corrected chi connectivity index (χ0v) is 23.1. The molecule has 3 aliphatic heterocycles. The highest BCUT2D eigenvalue weighted by atomic mass is 35.5. The SMILES string of the molecule is Nc1cc2ccc(F)c(Cl)c2c(-c2ncc3c(N4CCCCC4)nc(OC[C@@]45CCCN4C[C@H](F)C5)nc3c2F)n1. The van der Waals surface area contributed by atoms with Gasteiger partial charge in [0.25, 0.3) is 0 Å². The summed E-state index contributed by atoms with van der Waals surface area (Å²) in [5.41, 5.74) is 5.48. The third-order valence-electron chi connectivity index (χ3n) is 8.66. The molecule has 0 bridgehead atoms. The van der Waals surface area contributed by atoms with E-state index in [4.69, 9.17) is 27.1 Å². The summed E-state index contributed by atoms with van der Waals surface area (Å²) in [4.78, 5) is 22.2. The molecule has 0 spiro atoms. The lowest BCUT2D eigenvalue weighted by atomic mass is 9.95. The average Bonchev–Trinajstić information content (AvgIpc) is 3.49. The molecule has 12 heteroatoms. The topological polar surface area (TPSA) is 93.3 Å². The molecule has 41 heavy (non-hydrogen) atoms. The van der Waals surface area contributed by atoms with Gasteiger partial charge in [0.05, 0.1) is 15.9 Å². The highest BCUT2D eigenvalue weighted by Gasteiger charge is 2.49. The summed E-state index contributed by atoms with van der Waals surface area (Å²) >= 11 is 6.32. The van der Waals surface area contributed by atoms with Gasteiger partial charge in [-0.3, -0.25) is 9.88 Å². The van der Waals surface area contributed by atoms with Crippen LogP contribution >= 0.6 is 11.6 Å². The minimum Gasteiger partial charge on any atom is -0.461 e. The number of hydrogen-bond acceptors (Lipinski definition) is 8. The number of piperidine rings is 1. The first-order chi connectivity index (χ1) is 19.8. The molecule has 0 saturated carbocycles. The predicted octanol–water partition coefficient (Wildman–Crippen LogP) is 5.70. The summed E-state index contributed by atoms with van der Waals surface area (Å²) in [6.45, 7) is 2.96. The van der Waals surface area contributed by atoms with Crippen LogP contribution in [0.4, 0.5) is 24.8 Å². The summed E-state index contributed by atoms with van der Waals surface area (Å²) in [5.74, 6) is -0.785. The van der Waals surface area contributed by atoms with Gasteiger partial charge in [0, 0.05) is 37.6 Å². The average molecular weight is 584 g/mol. The number of nitrogens with two attached hydrogens (primary N) is 1. The highest BCUT2D eigenvalue weighted by Crippen LogP contribution is 2.41. The Morgan fingerprint density at radius 1 is 1.05 bits per heavy atom. The number of alkyl halides is 1. The Balaban J connectivity index is 1.36. The summed E-state index contributed by atoms with van der Waals surface area (Å²) in [6.07, 6.45) is 5.87. The standard InChI is InChI=1S/C29H29ClF3N7O/c30-22-19(32)6-5-16-11-20(34)36-25(21(16)22)26-23(33)24-18(13-35-26)27(39-8-2-1-3-9-39)38-28(37-24)41-15-29-7-4-10-40(29)14-17(31)12-29/h5-6,11,13,17H,1-4,7-10,12,14-15H2,(H2,34,36)/t17-,29+/m1/s1. The Labute approximate surface area is 239 Å². The van der Waals surface area contributed by atoms with Gasteiger partial charge in [-0.25, -0.2) is 18.2 Å². The first-order valence-electron chi connectivity index (χ1n) is 14.0. The van der Waals surface area contributed by atoms with Crippen molar-refractivity contribution in [3.05, 3.63) is 41.1 Å². The molecule has 3 saturated heterocycles. The summed E-state index contributed by atoms with van der Waals surface area (Å²) in [5, 5.41) is 0.936. The second-order valence-electron chi connectivity index (χ2n) is 11.3. The Morgan fingerprint density at radius 2 is 1.88 bits per heavy atom. The van der Waals surface area contributed by atoms with Crippen molar-refractivity contribution in [3.8, 4) is 17.4 Å². The Kier molecular flexibility index (Phi) is 6.54. The molecule has 6 heterocycles. The van der Waals surface area contributed by atoms with Crippen LogP contribution in [0.25, 0.3) is 33.1 Å². The van der Waals surface area contributed by atoms with Crippen molar-refractivity contribution in [2.24, 2.45) is 0 Å². The molecule has 3 aromatic heterocycles. The zero-order valence-electron chi connectivity index (χ0n) is 22.3. The fraction of sp³-hybridized carbons (Fsp3) is 0.448. The molecule has 0 amide bonds. The molecule has 214 valence electrons. The molecule has 2 N–H and O–H groups in total. The fourth-order valence-corrected chi connectivity index (χ4v) is 6.98. The number of halogens is 4. The van der Waals surface area contributed by atoms with E-state index < -0.39 is 23.3 Å². The number of ether oxygens (including phenoxy) is 1. The van der Waals surface area contributed by atoms with Crippen molar-refractivity contribution in [3.63, 3.8) is 0 Å². The van der Waals surface area contributed by atoms with Crippen molar-refractivity contribution in [2.45, 2.75) is 50.2 Å². The van der Waals surface area contributed by atoms with Gasteiger partial charge in [-0.1, -0.05) is 17.7 Å². The number of anilines is 2. The predicted molar refractivity (Wildman–Crippen MR) is 152 cm³/mol. The van der Waals surface area contributed by atoms with Crippen molar-refractivity contribution in [1.29, 1.82) is 0 Å². The van der Waals surface area contributed by atoms with Gasteiger partial charge < -0.3 is 15.4 Å². The van der Waals surface area contributed by atoms with E-state index >= 15 is 4.39 Å². The van der Waals surface area contributed by atoms with Crippen molar-refractivity contribution in [1.82, 2.24) is 24.8 Å². The Bertz CT molecular complexity index is 1670. The van der Waals surface area contributed by atoms with Gasteiger partial charge in [0.1, 0.15) is 47.1 Å². The monoisotopic (exact) mass is 583 g/mol. The van der Waals surface area contributed by atoms with Gasteiger partial charge >= 0.3 is 6.01 Å². The lowest BCUT2D eigenvalue weighted by molar-refractivity contribution is 0.107. The van der Waals surface area contributed by atoms with Gasteiger partial charge in [0.15, 0.2) is 5.82 Å². The number of aromatic nitrogens is 4. The third kappa shape index (κ3) is 4.50. The molecule has 0 aliphatic carbocycles. The lowest BCUT2D eigenvalue weighted by Crippen LogP contribution is -2.43. The van der Waals surface area contributed by atoms with Gasteiger partial charge in [-0.15, -0.1) is 0 Å². The largest absolute Gasteiger partial charge is 0.461 e. The summed E-state index contributed by atoms with van der Waals surface area (Å²) < 4.78 is 51.4. The Hall–Kier alpha value is -3.44. The van der Waals surface area contributed by atoms with Crippen molar-refractivity contribution in [2.75, 3.05) is 43.4 Å². The lowest BCUT2D eigenvalue weighted by Gasteiger charge is -2.31. The second kappa shape index (κ2) is 10.1. The van der Waals surface area contributed by atoms with E-state index in [0.717, 1.165) is 51.7 Å². The molecule has 3 fully saturated rings. The highest BCUT2D eigenvalue weighted by molar-refractivity contribution is 6.36. The molecular weight excluding hydrogens is 555 g/mol. The second-order valence-corrected chi connectivity index (χ2v) is 11.7. The van der Waals surface area contributed by atoms with Crippen LogP contribution in [0.5, 0.6) is 6.01 Å². The van der Waals surface area contributed by atoms with E-state index in [-0.39, 0.29) is 45.7 Å². The van der Waals surface area contributed by atoms with Crippen LogP contribution in [0, 0.1) is 11.6 Å². The van der Waals surface area contributed by atoms with Gasteiger partial charge in [-0.05, 0) is 56.2 Å². The van der Waals surface area contributed by atoms with Gasteiger partial charge in [0.2, 0.25) is 0 Å². The van der Waals surface area contributed by atoms with E-state index in [1.54, 1.807) is 6.07 Å². The molecule has 0 unspecified atom stereocenters. The molecule has 7 rings (SSSR count). The molecule has 4 aromatic rings. The molecule has 0 radical (unpaired) electrons. The van der Waals surface area contributed by atoms with Crippen LogP contribution in [0.2, 0.25) is 5.02 Å². The number of fused-ring (bicyclic) bond motifs is 3. The molecule has 2 atom stereocenters. The summed E-state index contributed by atoms with van der Waals surface area (Å²) in [7, 11) is 0. The third-order valence-corrected chi connectivity index (χ3v) is 9.03. The number of hydrogen-bond donors (Lipinski definition) is 1. The Morgan fingerprint density at radius 3 is 2.71 bits per heavy atom. The first-order valence-corrected chi connectivity index (χ1v) is 14.4. The minimum absolute atomic E-state index is 0.000964. The van der Waals surface area contributed by atoms with Crippen LogP contribution in [0.15, 0.2) is 24.4 Å². The van der Waals surface area contributed by atoms with Gasteiger partial charge in [-0.2, -0.15) is 9.97 Å². The van der Waals surface area contributed by atoms with Crippen LogP contribution < -0.4 is 15.4 Å². The number of benzene rings is 1. The summed E-state index contributed by atoms with van der Waals surface area (Å²) in [6, 6.07) is 4.30. The van der Waals surface area contributed by atoms with Crippen LogP contribution in [0.3, 0.4) is 0 Å². The first kappa shape index (κ1) is 26.5. The zero-order chi connectivity index (χ0) is 28.3. The molecular formula is C29H29ClF3N7O. The molecule has 3 aliphatic rings. The maximum absolute atomic E-state index is 16.5. The van der Waals surface area contributed by atoms with E-state index in [2.05, 4.69) is 24.8 Å². The minimum atomic E-state index is -0.899. The number of pyridine rings is 2. The van der Waals surface area contributed by atoms with Crippen LogP contribution in [0.1, 0.15) is 38.5 Å². The maximum atomic E-state index is 16.5. The smallest absolute Gasteiger partial charge is 0.319 e. The van der Waals surface area contributed by atoms with E-state index in [9.17, 15) is 8.78 Å². The van der Waals surface area contributed by atoms with Crippen molar-refractivity contribution >= 4 is 44.9 Å². The van der Waals surface area contributed by atoms with E-state index in [1.165, 1.54) is 18.3 Å². The quantitative estimate of drug-likeness (QED) is 0.320. The van der Waals surface area contributed by atoms with Crippen molar-refractivity contribution < 1.29 is 17.9 Å².